The van der Waals surface area contributed by atoms with Crippen LogP contribution in [0.25, 0.3) is 0 Å². The first-order chi connectivity index (χ1) is 20.0. The van der Waals surface area contributed by atoms with E-state index in [0.717, 1.165) is 60.2 Å². The topological polar surface area (TPSA) is 71.1 Å². The van der Waals surface area contributed by atoms with Crippen molar-refractivity contribution in [3.05, 3.63) is 70.0 Å². The number of nitrogens with zero attached hydrogens (tertiary/aromatic N) is 2. The first kappa shape index (κ1) is 34.0. The molecule has 0 spiro atoms. The van der Waals surface area contributed by atoms with Crippen LogP contribution in [-0.4, -0.2) is 42.8 Å². The maximum absolute atomic E-state index is 13.5. The molecule has 0 radical (unpaired) electrons. The lowest BCUT2D eigenvalue weighted by Crippen LogP contribution is -2.45. The number of anilines is 2. The van der Waals surface area contributed by atoms with Gasteiger partial charge in [-0.05, 0) is 73.4 Å². The van der Waals surface area contributed by atoms with Gasteiger partial charge in [0.05, 0.1) is 0 Å². The summed E-state index contributed by atoms with van der Waals surface area (Å²) in [5.41, 5.74) is 6.39. The molecule has 1 saturated heterocycles. The number of esters is 2. The average molecular weight is 592 g/mol. The molecule has 1 aliphatic rings. The van der Waals surface area contributed by atoms with Crippen LogP contribution < -0.4 is 10.2 Å². The minimum Gasteiger partial charge on any atom is -0.419 e. The van der Waals surface area contributed by atoms with E-state index in [0.29, 0.717) is 12.4 Å². The van der Waals surface area contributed by atoms with E-state index in [9.17, 15) is 9.59 Å². The van der Waals surface area contributed by atoms with Crippen molar-refractivity contribution in [2.45, 2.75) is 113 Å². The van der Waals surface area contributed by atoms with Gasteiger partial charge in [-0.25, -0.2) is 9.59 Å². The molecule has 0 aromatic heterocycles. The zero-order valence-corrected chi connectivity index (χ0v) is 28.3. The molecule has 2 aromatic rings. The van der Waals surface area contributed by atoms with Crippen LogP contribution >= 0.6 is 0 Å². The fraction of sp³-hybridized carbons (Fsp3) is 0.556. The lowest BCUT2D eigenvalue weighted by Gasteiger charge is -2.38. The zero-order valence-electron chi connectivity index (χ0n) is 28.3. The number of carbonyl (C=O) groups excluding carboxylic acids is 2. The van der Waals surface area contributed by atoms with Crippen LogP contribution in [0.3, 0.4) is 0 Å². The SMILES string of the molecule is CCCCCC(C)N(Cc1ccc(CC(C)(C)C)cc1)C(Nc1c(C)cc(N(C)C)cc1C)=C1C(=O)OC(C)(C)OC1=O. The highest BCUT2D eigenvalue weighted by Crippen LogP contribution is 2.33. The fourth-order valence-corrected chi connectivity index (χ4v) is 5.51. The number of carbonyl (C=O) groups is 2. The summed E-state index contributed by atoms with van der Waals surface area (Å²) in [5.74, 6) is -2.29. The van der Waals surface area contributed by atoms with E-state index >= 15 is 0 Å². The molecule has 0 bridgehead atoms. The van der Waals surface area contributed by atoms with Crippen LogP contribution in [0.5, 0.6) is 0 Å². The van der Waals surface area contributed by atoms with E-state index in [2.05, 4.69) is 86.1 Å². The summed E-state index contributed by atoms with van der Waals surface area (Å²) >= 11 is 0. The van der Waals surface area contributed by atoms with Gasteiger partial charge in [-0.1, -0.05) is 71.2 Å². The smallest absolute Gasteiger partial charge is 0.352 e. The van der Waals surface area contributed by atoms with Crippen molar-refractivity contribution in [2.24, 2.45) is 5.41 Å². The molecular formula is C36H53N3O4. The molecule has 1 N–H and O–H groups in total. The average Bonchev–Trinajstić information content (AvgIpc) is 2.87. The number of hydrogen-bond donors (Lipinski definition) is 1. The maximum Gasteiger partial charge on any atom is 0.352 e. The summed E-state index contributed by atoms with van der Waals surface area (Å²) in [5, 5.41) is 3.56. The molecular weight excluding hydrogens is 538 g/mol. The second kappa shape index (κ2) is 13.9. The predicted molar refractivity (Wildman–Crippen MR) is 176 cm³/mol. The van der Waals surface area contributed by atoms with Gasteiger partial charge in [0.15, 0.2) is 5.57 Å². The van der Waals surface area contributed by atoms with Gasteiger partial charge in [-0.3, -0.25) is 0 Å². The highest BCUT2D eigenvalue weighted by Gasteiger charge is 2.43. The van der Waals surface area contributed by atoms with Crippen LogP contribution in [0.1, 0.15) is 96.4 Å². The quantitative estimate of drug-likeness (QED) is 0.116. The molecule has 7 heteroatoms. The van der Waals surface area contributed by atoms with Gasteiger partial charge in [-0.15, -0.1) is 0 Å². The molecule has 236 valence electrons. The van der Waals surface area contributed by atoms with E-state index < -0.39 is 17.7 Å². The number of hydrogen-bond acceptors (Lipinski definition) is 7. The number of cyclic esters (lactones) is 2. The number of nitrogens with one attached hydrogen (secondary N) is 1. The Bertz CT molecular complexity index is 1270. The number of aryl methyl sites for hydroxylation is 2. The van der Waals surface area contributed by atoms with Gasteiger partial charge < -0.3 is 24.6 Å². The summed E-state index contributed by atoms with van der Waals surface area (Å²) in [4.78, 5) is 31.3. The van der Waals surface area contributed by atoms with Gasteiger partial charge in [0, 0.05) is 51.9 Å². The van der Waals surface area contributed by atoms with Gasteiger partial charge in [0.25, 0.3) is 5.79 Å². The Morgan fingerprint density at radius 1 is 0.930 bits per heavy atom. The minimum atomic E-state index is -1.33. The Hall–Kier alpha value is -3.48. The summed E-state index contributed by atoms with van der Waals surface area (Å²) in [6.45, 7) is 18.8. The number of unbranched alkanes of at least 4 members (excludes halogenated alkanes) is 2. The van der Waals surface area contributed by atoms with E-state index in [4.69, 9.17) is 9.47 Å². The molecule has 3 rings (SSSR count). The second-order valence-electron chi connectivity index (χ2n) is 13.9. The van der Waals surface area contributed by atoms with Crippen LogP contribution in [0, 0.1) is 19.3 Å². The molecule has 1 unspecified atom stereocenters. The van der Waals surface area contributed by atoms with Crippen molar-refractivity contribution >= 4 is 23.3 Å². The standard InChI is InChI=1S/C36H53N3O4/c1-12-13-14-15-26(4)39(23-28-18-16-27(17-19-28)22-35(5,6)7)32(30-33(40)42-36(8,9)43-34(30)41)37-31-24(2)20-29(38(10)11)21-25(31)3/h16-21,26,37H,12-15,22-23H2,1-11H3. The molecule has 2 aromatic carbocycles. The summed E-state index contributed by atoms with van der Waals surface area (Å²) in [6.07, 6.45) is 5.15. The van der Waals surface area contributed by atoms with Gasteiger partial charge in [0.2, 0.25) is 0 Å². The highest BCUT2D eigenvalue weighted by molar-refractivity contribution is 6.16. The fourth-order valence-electron chi connectivity index (χ4n) is 5.51. The molecule has 1 heterocycles. The third-order valence-electron chi connectivity index (χ3n) is 7.75. The van der Waals surface area contributed by atoms with E-state index in [1.54, 1.807) is 13.8 Å². The number of benzene rings is 2. The Morgan fingerprint density at radius 2 is 1.47 bits per heavy atom. The van der Waals surface area contributed by atoms with Gasteiger partial charge >= 0.3 is 11.9 Å². The Morgan fingerprint density at radius 3 is 1.95 bits per heavy atom. The first-order valence-electron chi connectivity index (χ1n) is 15.6. The summed E-state index contributed by atoms with van der Waals surface area (Å²) < 4.78 is 11.2. The maximum atomic E-state index is 13.5. The molecule has 1 aliphatic heterocycles. The predicted octanol–water partition coefficient (Wildman–Crippen LogP) is 7.89. The van der Waals surface area contributed by atoms with Crippen LogP contribution in [0.2, 0.25) is 0 Å². The van der Waals surface area contributed by atoms with E-state index in [1.807, 2.05) is 27.9 Å². The van der Waals surface area contributed by atoms with Gasteiger partial charge in [0.1, 0.15) is 5.82 Å². The van der Waals surface area contributed by atoms with Crippen molar-refractivity contribution in [2.75, 3.05) is 24.3 Å². The first-order valence-corrected chi connectivity index (χ1v) is 15.6. The molecule has 43 heavy (non-hydrogen) atoms. The Labute approximate surface area is 259 Å². The monoisotopic (exact) mass is 591 g/mol. The molecule has 0 saturated carbocycles. The van der Waals surface area contributed by atoms with Crippen molar-refractivity contribution in [1.29, 1.82) is 0 Å². The molecule has 7 nitrogen and oxygen atoms in total. The number of rotatable bonds is 12. The largest absolute Gasteiger partial charge is 0.419 e. The van der Waals surface area contributed by atoms with Crippen molar-refractivity contribution < 1.29 is 19.1 Å². The van der Waals surface area contributed by atoms with Crippen molar-refractivity contribution in [1.82, 2.24) is 4.90 Å². The van der Waals surface area contributed by atoms with Crippen molar-refractivity contribution in [3.63, 3.8) is 0 Å². The Balaban J connectivity index is 2.16. The zero-order chi connectivity index (χ0) is 32.1. The Kier molecular flexibility index (Phi) is 11.0. The van der Waals surface area contributed by atoms with Gasteiger partial charge in [-0.2, -0.15) is 0 Å². The summed E-state index contributed by atoms with van der Waals surface area (Å²) in [6, 6.07) is 12.9. The molecule has 0 aliphatic carbocycles. The second-order valence-corrected chi connectivity index (χ2v) is 13.9. The molecule has 0 amide bonds. The summed E-state index contributed by atoms with van der Waals surface area (Å²) in [7, 11) is 4.02. The van der Waals surface area contributed by atoms with Crippen LogP contribution in [0.4, 0.5) is 11.4 Å². The third kappa shape index (κ3) is 9.25. The van der Waals surface area contributed by atoms with E-state index in [-0.39, 0.29) is 17.0 Å². The normalized spacial score (nSPS) is 15.5. The highest BCUT2D eigenvalue weighted by atomic mass is 16.7. The molecule has 1 atom stereocenters. The van der Waals surface area contributed by atoms with Crippen LogP contribution in [-0.2, 0) is 32.0 Å². The molecule has 1 fully saturated rings. The van der Waals surface area contributed by atoms with Crippen LogP contribution in [0.15, 0.2) is 47.8 Å². The number of ether oxygens (including phenoxy) is 2. The lowest BCUT2D eigenvalue weighted by molar-refractivity contribution is -0.222. The van der Waals surface area contributed by atoms with E-state index in [1.165, 1.54) is 5.56 Å². The third-order valence-corrected chi connectivity index (χ3v) is 7.75. The van der Waals surface area contributed by atoms with Crippen molar-refractivity contribution in [3.8, 4) is 0 Å². The minimum absolute atomic E-state index is 0.0213. The lowest BCUT2D eigenvalue weighted by atomic mass is 9.88.